The van der Waals surface area contributed by atoms with Crippen LogP contribution >= 0.6 is 0 Å². The van der Waals surface area contributed by atoms with Crippen LogP contribution in [0.2, 0.25) is 0 Å². The van der Waals surface area contributed by atoms with Gasteiger partial charge in [-0.25, -0.2) is 0 Å². The molecular weight excluding hydrogens is 398 g/mol. The molecule has 0 saturated carbocycles. The maximum absolute atomic E-state index is 13.4. The smallest absolute Gasteiger partial charge is 0.255 e. The van der Waals surface area contributed by atoms with Crippen molar-refractivity contribution in [2.45, 2.75) is 13.0 Å². The number of aromatic nitrogens is 1. The number of rotatable bonds is 4. The molecule has 1 N–H and O–H groups in total. The molecule has 32 heavy (non-hydrogen) atoms. The zero-order chi connectivity index (χ0) is 22.4. The summed E-state index contributed by atoms with van der Waals surface area (Å²) in [6, 6.07) is 23.8. The standard InChI is InChI=1S/C27H25N3O2/c1-17-12-14-18(15-13-17)25-24(21-10-6-7-11-22(21)28-25)26-19-8-4-5-9-20(19)27(32)30(26)16-23(31)29(2)3/h4-15,26,28H,16H2,1-3H3. The molecular formula is C27H25N3O2. The molecule has 0 radical (unpaired) electrons. The minimum Gasteiger partial charge on any atom is -0.354 e. The Morgan fingerprint density at radius 1 is 0.969 bits per heavy atom. The third-order valence-electron chi connectivity index (χ3n) is 6.22. The Morgan fingerprint density at radius 2 is 1.66 bits per heavy atom. The van der Waals surface area contributed by atoms with Crippen LogP contribution < -0.4 is 0 Å². The van der Waals surface area contributed by atoms with Crippen molar-refractivity contribution in [3.63, 3.8) is 0 Å². The number of aryl methyl sites for hydroxylation is 1. The first-order valence-electron chi connectivity index (χ1n) is 10.7. The monoisotopic (exact) mass is 423 g/mol. The number of carbonyl (C=O) groups is 2. The van der Waals surface area contributed by atoms with Gasteiger partial charge < -0.3 is 14.8 Å². The van der Waals surface area contributed by atoms with E-state index in [4.69, 9.17) is 0 Å². The first-order chi connectivity index (χ1) is 15.5. The van der Waals surface area contributed by atoms with Gasteiger partial charge in [0.05, 0.1) is 11.7 Å². The number of para-hydroxylation sites is 1. The number of hydrogen-bond donors (Lipinski definition) is 1. The zero-order valence-corrected chi connectivity index (χ0v) is 18.4. The van der Waals surface area contributed by atoms with Gasteiger partial charge in [-0.1, -0.05) is 66.2 Å². The van der Waals surface area contributed by atoms with E-state index < -0.39 is 0 Å². The predicted octanol–water partition coefficient (Wildman–Crippen LogP) is 4.78. The molecule has 3 aromatic carbocycles. The van der Waals surface area contributed by atoms with Crippen molar-refractivity contribution in [1.29, 1.82) is 0 Å². The van der Waals surface area contributed by atoms with Crippen molar-refractivity contribution in [1.82, 2.24) is 14.8 Å². The largest absolute Gasteiger partial charge is 0.354 e. The molecule has 1 aromatic heterocycles. The van der Waals surface area contributed by atoms with Crippen molar-refractivity contribution in [3.05, 3.63) is 95.1 Å². The van der Waals surface area contributed by atoms with Gasteiger partial charge in [0.1, 0.15) is 6.54 Å². The van der Waals surface area contributed by atoms with Crippen LogP contribution in [-0.4, -0.2) is 47.2 Å². The Hall–Kier alpha value is -3.86. The lowest BCUT2D eigenvalue weighted by molar-refractivity contribution is -0.129. The zero-order valence-electron chi connectivity index (χ0n) is 18.4. The highest BCUT2D eigenvalue weighted by molar-refractivity contribution is 6.03. The van der Waals surface area contributed by atoms with E-state index in [1.807, 2.05) is 36.4 Å². The Kier molecular flexibility index (Phi) is 4.82. The van der Waals surface area contributed by atoms with Crippen LogP contribution in [-0.2, 0) is 4.79 Å². The summed E-state index contributed by atoms with van der Waals surface area (Å²) in [5, 5.41) is 1.06. The van der Waals surface area contributed by atoms with Gasteiger partial charge in [0.2, 0.25) is 5.91 Å². The second-order valence-electron chi connectivity index (χ2n) is 8.54. The molecule has 2 heterocycles. The quantitative estimate of drug-likeness (QED) is 0.514. The van der Waals surface area contributed by atoms with Crippen LogP contribution in [0.15, 0.2) is 72.8 Å². The first-order valence-corrected chi connectivity index (χ1v) is 10.7. The van der Waals surface area contributed by atoms with Gasteiger partial charge in [0, 0.05) is 36.1 Å². The summed E-state index contributed by atoms with van der Waals surface area (Å²) in [7, 11) is 3.43. The van der Waals surface area contributed by atoms with E-state index in [1.165, 1.54) is 10.5 Å². The molecule has 5 nitrogen and oxygen atoms in total. The lowest BCUT2D eigenvalue weighted by atomic mass is 9.93. The average molecular weight is 424 g/mol. The maximum Gasteiger partial charge on any atom is 0.255 e. The van der Waals surface area contributed by atoms with Crippen molar-refractivity contribution in [2.75, 3.05) is 20.6 Å². The fourth-order valence-corrected chi connectivity index (χ4v) is 4.53. The predicted molar refractivity (Wildman–Crippen MR) is 126 cm³/mol. The van der Waals surface area contributed by atoms with Gasteiger partial charge in [-0.05, 0) is 30.2 Å². The molecule has 160 valence electrons. The van der Waals surface area contributed by atoms with Gasteiger partial charge >= 0.3 is 0 Å². The molecule has 4 aromatic rings. The van der Waals surface area contributed by atoms with Crippen LogP contribution in [0.25, 0.3) is 22.2 Å². The van der Waals surface area contributed by atoms with Crippen molar-refractivity contribution in [2.24, 2.45) is 0 Å². The number of likely N-dealkylation sites (N-methyl/N-ethyl adjacent to an activating group) is 1. The van der Waals surface area contributed by atoms with Gasteiger partial charge in [0.15, 0.2) is 0 Å². The minimum atomic E-state index is -0.352. The molecule has 1 unspecified atom stereocenters. The van der Waals surface area contributed by atoms with E-state index in [1.54, 1.807) is 19.0 Å². The van der Waals surface area contributed by atoms with Crippen molar-refractivity contribution >= 4 is 22.7 Å². The summed E-state index contributed by atoms with van der Waals surface area (Å²) in [6.45, 7) is 2.09. The van der Waals surface area contributed by atoms with E-state index in [9.17, 15) is 9.59 Å². The summed E-state index contributed by atoms with van der Waals surface area (Å²) >= 11 is 0. The Balaban J connectivity index is 1.77. The van der Waals surface area contributed by atoms with Crippen LogP contribution in [0.5, 0.6) is 0 Å². The fourth-order valence-electron chi connectivity index (χ4n) is 4.53. The topological polar surface area (TPSA) is 56.4 Å². The molecule has 0 spiro atoms. The van der Waals surface area contributed by atoms with E-state index >= 15 is 0 Å². The minimum absolute atomic E-state index is 0.0258. The molecule has 0 fully saturated rings. The summed E-state index contributed by atoms with van der Waals surface area (Å²) in [4.78, 5) is 33.0. The molecule has 0 aliphatic carbocycles. The maximum atomic E-state index is 13.4. The van der Waals surface area contributed by atoms with Gasteiger partial charge in [0.25, 0.3) is 5.91 Å². The summed E-state index contributed by atoms with van der Waals surface area (Å²) < 4.78 is 0. The third-order valence-corrected chi connectivity index (χ3v) is 6.22. The number of hydrogen-bond acceptors (Lipinski definition) is 2. The number of benzene rings is 3. The summed E-state index contributed by atoms with van der Waals surface area (Å²) in [5.74, 6) is -0.214. The SMILES string of the molecule is Cc1ccc(-c2[nH]c3ccccc3c2C2c3ccccc3C(=O)N2CC(=O)N(C)C)cc1. The number of nitrogens with zero attached hydrogens (tertiary/aromatic N) is 2. The van der Waals surface area contributed by atoms with Gasteiger partial charge in [-0.2, -0.15) is 0 Å². The van der Waals surface area contributed by atoms with Gasteiger partial charge in [-0.15, -0.1) is 0 Å². The number of H-pyrrole nitrogens is 1. The van der Waals surface area contributed by atoms with Crippen LogP contribution in [0.3, 0.4) is 0 Å². The Morgan fingerprint density at radius 3 is 2.41 bits per heavy atom. The molecule has 2 amide bonds. The van der Waals surface area contributed by atoms with Crippen LogP contribution in [0, 0.1) is 6.92 Å². The van der Waals surface area contributed by atoms with Crippen LogP contribution in [0.4, 0.5) is 0 Å². The number of fused-ring (bicyclic) bond motifs is 2. The van der Waals surface area contributed by atoms with Crippen molar-refractivity contribution in [3.8, 4) is 11.3 Å². The van der Waals surface area contributed by atoms with Crippen molar-refractivity contribution < 1.29 is 9.59 Å². The number of aromatic amines is 1. The molecule has 0 bridgehead atoms. The second kappa shape index (κ2) is 7.68. The molecule has 0 saturated heterocycles. The fraction of sp³-hybridized carbons (Fsp3) is 0.185. The van der Waals surface area contributed by atoms with Gasteiger partial charge in [-0.3, -0.25) is 9.59 Å². The lowest BCUT2D eigenvalue weighted by Gasteiger charge is -2.27. The molecule has 5 rings (SSSR count). The molecule has 1 atom stereocenters. The number of amides is 2. The summed E-state index contributed by atoms with van der Waals surface area (Å²) in [5.41, 5.74) is 6.83. The van der Waals surface area contributed by atoms with E-state index in [0.717, 1.165) is 33.3 Å². The highest BCUT2D eigenvalue weighted by Gasteiger charge is 2.41. The van der Waals surface area contributed by atoms with E-state index in [2.05, 4.69) is 48.3 Å². The molecule has 1 aliphatic rings. The number of nitrogens with one attached hydrogen (secondary N) is 1. The van der Waals surface area contributed by atoms with E-state index in [0.29, 0.717) is 5.56 Å². The second-order valence-corrected chi connectivity index (χ2v) is 8.54. The summed E-state index contributed by atoms with van der Waals surface area (Å²) in [6.07, 6.45) is 0. The highest BCUT2D eigenvalue weighted by Crippen LogP contribution is 2.45. The Bertz CT molecular complexity index is 1330. The average Bonchev–Trinajstić information content (AvgIpc) is 3.30. The number of carbonyl (C=O) groups excluding carboxylic acids is 2. The Labute approximate surface area is 187 Å². The normalized spacial score (nSPS) is 15.3. The molecule has 1 aliphatic heterocycles. The molecule has 5 heteroatoms. The highest BCUT2D eigenvalue weighted by atomic mass is 16.2. The lowest BCUT2D eigenvalue weighted by Crippen LogP contribution is -2.39. The van der Waals surface area contributed by atoms with Crippen LogP contribution in [0.1, 0.15) is 33.1 Å². The third kappa shape index (κ3) is 3.17. The first kappa shape index (κ1) is 20.1. The van der Waals surface area contributed by atoms with E-state index in [-0.39, 0.29) is 24.4 Å².